The number of para-hydroxylation sites is 1. The monoisotopic (exact) mass is 305 g/mol. The van der Waals surface area contributed by atoms with Gasteiger partial charge in [0.25, 0.3) is 5.76 Å². The van der Waals surface area contributed by atoms with Crippen LogP contribution in [0, 0.1) is 0 Å². The second kappa shape index (κ2) is 8.76. The van der Waals surface area contributed by atoms with Crippen molar-refractivity contribution >= 4 is 23.4 Å². The first kappa shape index (κ1) is 16.7. The Bertz CT molecular complexity index is 432. The number of carbonyl (C=O) groups excluding carboxylic acids is 1. The van der Waals surface area contributed by atoms with Crippen LogP contribution in [0.3, 0.4) is 0 Å². The smallest absolute Gasteiger partial charge is 0.308 e. The number of carbonyl (C=O) groups is 1. The molecular weight excluding hydrogens is 288 g/mol. The molecule has 0 heterocycles. The van der Waals surface area contributed by atoms with E-state index >= 15 is 0 Å². The second-order valence-corrected chi connectivity index (χ2v) is 4.95. The van der Waals surface area contributed by atoms with Crippen LogP contribution in [0.2, 0.25) is 0 Å². The van der Waals surface area contributed by atoms with E-state index in [0.717, 1.165) is 0 Å². The van der Waals surface area contributed by atoms with Gasteiger partial charge in [0, 0.05) is 17.1 Å². The van der Waals surface area contributed by atoms with E-state index in [-0.39, 0.29) is 19.6 Å². The minimum Gasteiger partial charge on any atom is -0.466 e. The first-order valence-corrected chi connectivity index (χ1v) is 7.02. The summed E-state index contributed by atoms with van der Waals surface area (Å²) in [5.74, 6) is -3.00. The maximum absolute atomic E-state index is 12.4. The normalized spacial score (nSPS) is 12.2. The maximum Gasteiger partial charge on any atom is 0.308 e. The van der Waals surface area contributed by atoms with Gasteiger partial charge in [-0.1, -0.05) is 23.9 Å². The van der Waals surface area contributed by atoms with Crippen molar-refractivity contribution in [2.75, 3.05) is 18.5 Å². The molecule has 20 heavy (non-hydrogen) atoms. The van der Waals surface area contributed by atoms with E-state index in [1.165, 1.54) is 0 Å². The van der Waals surface area contributed by atoms with Crippen LogP contribution in [0.1, 0.15) is 13.3 Å². The molecule has 0 aliphatic heterocycles. The minimum absolute atomic E-state index is 0.0830. The van der Waals surface area contributed by atoms with E-state index in [4.69, 9.17) is 4.74 Å². The summed E-state index contributed by atoms with van der Waals surface area (Å²) in [5.41, 5.74) is 0.501. The van der Waals surface area contributed by atoms with Gasteiger partial charge in [-0.15, -0.1) is 0 Å². The molecule has 1 rings (SSSR count). The average molecular weight is 305 g/mol. The third kappa shape index (κ3) is 6.21. The molecule has 0 fully saturated rings. The molecule has 4 nitrogen and oxygen atoms in total. The SMILES string of the molecule is CCOC(=O)CC(O)CNc1ccccc1SC(F)F. The van der Waals surface area contributed by atoms with Crippen molar-refractivity contribution in [2.24, 2.45) is 0 Å². The van der Waals surface area contributed by atoms with Crippen LogP contribution in [0.15, 0.2) is 29.2 Å². The first-order valence-electron chi connectivity index (χ1n) is 6.14. The molecule has 1 aromatic rings. The molecular formula is C13H17F2NO3S. The zero-order valence-electron chi connectivity index (χ0n) is 11.0. The molecule has 2 N–H and O–H groups in total. The largest absolute Gasteiger partial charge is 0.466 e. The zero-order valence-corrected chi connectivity index (χ0v) is 11.8. The number of thioether (sulfide) groups is 1. The topological polar surface area (TPSA) is 58.6 Å². The molecule has 1 unspecified atom stereocenters. The van der Waals surface area contributed by atoms with Crippen molar-refractivity contribution in [2.45, 2.75) is 30.1 Å². The molecule has 0 spiro atoms. The molecule has 1 aromatic carbocycles. The predicted octanol–water partition coefficient (Wildman–Crippen LogP) is 2.73. The van der Waals surface area contributed by atoms with Crippen molar-refractivity contribution in [3.63, 3.8) is 0 Å². The number of esters is 1. The molecule has 0 saturated carbocycles. The summed E-state index contributed by atoms with van der Waals surface area (Å²) in [6.45, 7) is 2.02. The fraction of sp³-hybridized carbons (Fsp3) is 0.462. The van der Waals surface area contributed by atoms with Crippen LogP contribution in [0.5, 0.6) is 0 Å². The average Bonchev–Trinajstić information content (AvgIpc) is 2.37. The number of aliphatic hydroxyl groups is 1. The van der Waals surface area contributed by atoms with Gasteiger partial charge >= 0.3 is 5.97 Å². The third-order valence-electron chi connectivity index (χ3n) is 2.34. The van der Waals surface area contributed by atoms with E-state index < -0.39 is 17.8 Å². The number of alkyl halides is 2. The summed E-state index contributed by atoms with van der Waals surface area (Å²) in [6, 6.07) is 6.57. The Morgan fingerprint density at radius 3 is 2.80 bits per heavy atom. The van der Waals surface area contributed by atoms with Crippen molar-refractivity contribution in [3.8, 4) is 0 Å². The molecule has 0 saturated heterocycles. The van der Waals surface area contributed by atoms with Gasteiger partial charge in [0.1, 0.15) is 0 Å². The fourth-order valence-electron chi connectivity index (χ4n) is 1.52. The lowest BCUT2D eigenvalue weighted by molar-refractivity contribution is -0.145. The van der Waals surface area contributed by atoms with Gasteiger partial charge in [0.05, 0.1) is 19.1 Å². The Balaban J connectivity index is 2.50. The van der Waals surface area contributed by atoms with Crippen LogP contribution in [0.25, 0.3) is 0 Å². The Morgan fingerprint density at radius 2 is 2.15 bits per heavy atom. The Hall–Kier alpha value is -1.34. The van der Waals surface area contributed by atoms with Crippen LogP contribution >= 0.6 is 11.8 Å². The lowest BCUT2D eigenvalue weighted by Crippen LogP contribution is -2.24. The number of ether oxygens (including phenoxy) is 1. The summed E-state index contributed by atoms with van der Waals surface area (Å²) in [5, 5.41) is 12.5. The van der Waals surface area contributed by atoms with E-state index in [2.05, 4.69) is 5.32 Å². The van der Waals surface area contributed by atoms with Crippen LogP contribution < -0.4 is 5.32 Å². The summed E-state index contributed by atoms with van der Waals surface area (Å²) in [7, 11) is 0. The van der Waals surface area contributed by atoms with Crippen molar-refractivity contribution in [3.05, 3.63) is 24.3 Å². The Morgan fingerprint density at radius 1 is 1.45 bits per heavy atom. The summed E-state index contributed by atoms with van der Waals surface area (Å²) >= 11 is 0.430. The highest BCUT2D eigenvalue weighted by Crippen LogP contribution is 2.31. The quantitative estimate of drug-likeness (QED) is 0.571. The molecule has 0 bridgehead atoms. The van der Waals surface area contributed by atoms with E-state index in [0.29, 0.717) is 22.3 Å². The standard InChI is InChI=1S/C13H17F2NO3S/c1-2-19-12(18)7-9(17)8-16-10-5-3-4-6-11(10)20-13(14)15/h3-6,9,13,16-17H,2,7-8H2,1H3. The van der Waals surface area contributed by atoms with Gasteiger partial charge in [-0.2, -0.15) is 8.78 Å². The van der Waals surface area contributed by atoms with Gasteiger partial charge in [-0.3, -0.25) is 4.79 Å². The molecule has 7 heteroatoms. The molecule has 112 valence electrons. The van der Waals surface area contributed by atoms with E-state index in [1.807, 2.05) is 0 Å². The lowest BCUT2D eigenvalue weighted by Gasteiger charge is -2.14. The van der Waals surface area contributed by atoms with E-state index in [1.54, 1.807) is 31.2 Å². The number of anilines is 1. The number of nitrogens with one attached hydrogen (secondary N) is 1. The molecule has 0 radical (unpaired) electrons. The fourth-order valence-corrected chi connectivity index (χ4v) is 2.14. The van der Waals surface area contributed by atoms with Gasteiger partial charge in [0.2, 0.25) is 0 Å². The predicted molar refractivity (Wildman–Crippen MR) is 74.0 cm³/mol. The van der Waals surface area contributed by atoms with Crippen molar-refractivity contribution < 1.29 is 23.4 Å². The maximum atomic E-state index is 12.4. The summed E-state index contributed by atoms with van der Waals surface area (Å²) in [6.07, 6.45) is -1.07. The van der Waals surface area contributed by atoms with Gasteiger partial charge in [-0.25, -0.2) is 0 Å². The number of hydrogen-bond acceptors (Lipinski definition) is 5. The second-order valence-electron chi connectivity index (χ2n) is 3.92. The molecule has 0 aromatic heterocycles. The summed E-state index contributed by atoms with van der Waals surface area (Å²) < 4.78 is 29.5. The highest BCUT2D eigenvalue weighted by molar-refractivity contribution is 7.99. The number of benzene rings is 1. The van der Waals surface area contributed by atoms with Crippen LogP contribution in [-0.2, 0) is 9.53 Å². The van der Waals surface area contributed by atoms with Crippen LogP contribution in [0.4, 0.5) is 14.5 Å². The number of aliphatic hydroxyl groups excluding tert-OH is 1. The van der Waals surface area contributed by atoms with Crippen molar-refractivity contribution in [1.82, 2.24) is 0 Å². The summed E-state index contributed by atoms with van der Waals surface area (Å²) in [4.78, 5) is 11.6. The number of halogens is 2. The van der Waals surface area contributed by atoms with Gasteiger partial charge < -0.3 is 15.2 Å². The highest BCUT2D eigenvalue weighted by Gasteiger charge is 2.13. The molecule has 0 amide bonds. The zero-order chi connectivity index (χ0) is 15.0. The lowest BCUT2D eigenvalue weighted by atomic mass is 10.2. The van der Waals surface area contributed by atoms with E-state index in [9.17, 15) is 18.7 Å². The van der Waals surface area contributed by atoms with Crippen molar-refractivity contribution in [1.29, 1.82) is 0 Å². The first-order chi connectivity index (χ1) is 9.52. The molecule has 0 aliphatic rings. The number of rotatable bonds is 8. The third-order valence-corrected chi connectivity index (χ3v) is 3.13. The highest BCUT2D eigenvalue weighted by atomic mass is 32.2. The minimum atomic E-state index is -2.51. The molecule has 1 atom stereocenters. The van der Waals surface area contributed by atoms with Gasteiger partial charge in [-0.05, 0) is 19.1 Å². The Kier molecular flexibility index (Phi) is 7.32. The number of hydrogen-bond donors (Lipinski definition) is 2. The molecule has 0 aliphatic carbocycles. The van der Waals surface area contributed by atoms with Crippen LogP contribution in [-0.4, -0.2) is 36.1 Å². The Labute approximate surface area is 120 Å². The van der Waals surface area contributed by atoms with Gasteiger partial charge in [0.15, 0.2) is 0 Å².